The van der Waals surface area contributed by atoms with E-state index in [-0.39, 0.29) is 24.9 Å². The molecule has 4 aliphatic rings. The summed E-state index contributed by atoms with van der Waals surface area (Å²) < 4.78 is 35.1. The summed E-state index contributed by atoms with van der Waals surface area (Å²) in [5.74, 6) is 0.450. The number of fused-ring (bicyclic) bond motifs is 1. The fourth-order valence-corrected chi connectivity index (χ4v) is 11.1. The second kappa shape index (κ2) is 18.5. The molecule has 0 amide bonds. The summed E-state index contributed by atoms with van der Waals surface area (Å²) >= 11 is 4.41. The molecular formula is C53H50N2O6S3. The van der Waals surface area contributed by atoms with Crippen molar-refractivity contribution in [3.05, 3.63) is 159 Å². The highest BCUT2D eigenvalue weighted by molar-refractivity contribution is 7.17. The van der Waals surface area contributed by atoms with E-state index in [2.05, 4.69) is 69.3 Å². The van der Waals surface area contributed by atoms with E-state index in [1.165, 1.54) is 28.7 Å². The zero-order chi connectivity index (χ0) is 45.4. The van der Waals surface area contributed by atoms with Crippen LogP contribution in [-0.2, 0) is 14.3 Å². The lowest BCUT2D eigenvalue weighted by Gasteiger charge is -2.44. The molecule has 4 aliphatic carbocycles. The van der Waals surface area contributed by atoms with Crippen molar-refractivity contribution in [3.8, 4) is 38.1 Å². The largest absolute Gasteiger partial charge is 0.477 e. The van der Waals surface area contributed by atoms with Gasteiger partial charge in [-0.25, -0.2) is 9.59 Å². The Hall–Kier alpha value is -6.14. The van der Waals surface area contributed by atoms with Gasteiger partial charge >= 0.3 is 11.9 Å². The molecule has 11 heteroatoms. The molecule has 326 valence electrons. The molecule has 0 atom stereocenters. The normalized spacial score (nSPS) is 14.9. The number of esters is 2. The highest BCUT2D eigenvalue weighted by Gasteiger charge is 2.43. The second-order valence-corrected chi connectivity index (χ2v) is 19.4. The van der Waals surface area contributed by atoms with Gasteiger partial charge in [-0.1, -0.05) is 67.3 Å². The highest BCUT2D eigenvalue weighted by atomic mass is 32.1. The topological polar surface area (TPSA) is 96.8 Å². The van der Waals surface area contributed by atoms with Crippen LogP contribution in [0.2, 0.25) is 0 Å². The van der Waals surface area contributed by atoms with Gasteiger partial charge in [-0.3, -0.25) is 0 Å². The molecule has 2 fully saturated rings. The van der Waals surface area contributed by atoms with E-state index in [9.17, 15) is 9.59 Å². The maximum absolute atomic E-state index is 13.1. The quantitative estimate of drug-likeness (QED) is 0.0299. The Kier molecular flexibility index (Phi) is 12.9. The van der Waals surface area contributed by atoms with Crippen molar-refractivity contribution in [3.63, 3.8) is 0 Å². The minimum atomic E-state index is -0.559. The summed E-state index contributed by atoms with van der Waals surface area (Å²) in [6.45, 7) is 29.8. The Morgan fingerprint density at radius 3 is 1.72 bits per heavy atom. The van der Waals surface area contributed by atoms with Gasteiger partial charge in [0.1, 0.15) is 36.1 Å². The van der Waals surface area contributed by atoms with E-state index in [0.717, 1.165) is 107 Å². The zero-order valence-electron chi connectivity index (χ0n) is 36.9. The molecule has 0 radical (unpaired) electrons. The Bertz CT molecular complexity index is 2920. The van der Waals surface area contributed by atoms with Crippen molar-refractivity contribution in [1.29, 1.82) is 0 Å². The van der Waals surface area contributed by atoms with Gasteiger partial charge in [0.25, 0.3) is 0 Å². The fraction of sp³-hybridized carbons (Fsp3) is 0.245. The number of aromatic nitrogens is 2. The van der Waals surface area contributed by atoms with Crippen LogP contribution in [0.3, 0.4) is 0 Å². The third-order valence-electron chi connectivity index (χ3n) is 11.3. The molecular weight excluding hydrogens is 857 g/mol. The first-order valence-electron chi connectivity index (χ1n) is 21.1. The maximum Gasteiger partial charge on any atom is 0.338 e. The SMILES string of the molecule is C=C(C)/C=C(\C(=C)C)c1ccc(-c2c(Oc3ccc(C(=O)OCCOC(=O)C(=C)C)cc3)c(OC3C4=C5CCCC(=C3C4)C5)c(-c3ccc(/C(=C/C(=C)C)C(=C)C)s3)c3nsnc23)s1. The van der Waals surface area contributed by atoms with Gasteiger partial charge in [0.05, 0.1) is 28.4 Å². The Labute approximate surface area is 387 Å². The molecule has 0 unspecified atom stereocenters. The van der Waals surface area contributed by atoms with E-state index in [1.54, 1.807) is 53.9 Å². The Morgan fingerprint density at radius 1 is 0.672 bits per heavy atom. The summed E-state index contributed by atoms with van der Waals surface area (Å²) in [7, 11) is 0. The predicted molar refractivity (Wildman–Crippen MR) is 263 cm³/mol. The van der Waals surface area contributed by atoms with Gasteiger partial charge < -0.3 is 18.9 Å². The first-order valence-corrected chi connectivity index (χ1v) is 23.5. The summed E-state index contributed by atoms with van der Waals surface area (Å²) in [5.41, 5.74) is 15.0. The van der Waals surface area contributed by atoms with Crippen LogP contribution in [-0.4, -0.2) is 40.0 Å². The third kappa shape index (κ3) is 8.98. The molecule has 9 rings (SSSR count). The molecule has 64 heavy (non-hydrogen) atoms. The van der Waals surface area contributed by atoms with Crippen molar-refractivity contribution in [2.45, 2.75) is 72.8 Å². The Balaban J connectivity index is 1.30. The second-order valence-electron chi connectivity index (χ2n) is 16.7. The fourth-order valence-electron chi connectivity index (χ4n) is 8.26. The number of carbonyl (C=O) groups is 2. The van der Waals surface area contributed by atoms with Gasteiger partial charge in [-0.05, 0) is 149 Å². The summed E-state index contributed by atoms with van der Waals surface area (Å²) in [6, 6.07) is 15.2. The lowest BCUT2D eigenvalue weighted by molar-refractivity contribution is -0.140. The summed E-state index contributed by atoms with van der Waals surface area (Å²) in [4.78, 5) is 28.8. The average Bonchev–Trinajstić information content (AvgIpc) is 4.04. The van der Waals surface area contributed by atoms with Crippen LogP contribution >= 0.6 is 34.4 Å². The van der Waals surface area contributed by atoms with Crippen LogP contribution in [0.15, 0.2) is 144 Å². The standard InChI is InChI=1S/C53H50N2O6S3/c1-28(2)24-37(30(5)6)41-18-20-43(62-41)45-47-48(55-64-54-47)46(44-21-19-42(63-44)38(31(7)8)25-29(3)4)51(61-49-39-27-40(49)35-13-11-12-34(39)26-35)50(45)60-36-16-14-33(15-17-36)53(57)59-23-22-58-52(56)32(9)10/h14-21,24-25,49H,1,3,5,7,9,11-13,22-23,26-27H2,2,4,6,8,10H3/b37-24+,38-25+. The molecule has 3 heterocycles. The van der Waals surface area contributed by atoms with Crippen LogP contribution in [0.4, 0.5) is 0 Å². The number of allylic oxidation sites excluding steroid dienone is 10. The predicted octanol–water partition coefficient (Wildman–Crippen LogP) is 14.6. The monoisotopic (exact) mass is 906 g/mol. The van der Waals surface area contributed by atoms with Crippen LogP contribution in [0.25, 0.3) is 43.1 Å². The molecule has 0 spiro atoms. The van der Waals surface area contributed by atoms with Crippen molar-refractivity contribution >= 4 is 68.5 Å². The van der Waals surface area contributed by atoms with E-state index in [4.69, 9.17) is 27.7 Å². The van der Waals surface area contributed by atoms with Crippen LogP contribution < -0.4 is 9.47 Å². The maximum atomic E-state index is 13.1. The van der Waals surface area contributed by atoms with Gasteiger partial charge in [0, 0.05) is 25.1 Å². The average molecular weight is 907 g/mol. The molecule has 0 aliphatic heterocycles. The molecule has 0 N–H and O–H groups in total. The lowest BCUT2D eigenvalue weighted by atomic mass is 9.66. The Morgan fingerprint density at radius 2 is 1.20 bits per heavy atom. The van der Waals surface area contributed by atoms with E-state index in [1.807, 2.05) is 27.7 Å². The zero-order valence-corrected chi connectivity index (χ0v) is 39.4. The smallest absolute Gasteiger partial charge is 0.338 e. The van der Waals surface area contributed by atoms with Gasteiger partial charge in [-0.2, -0.15) is 8.75 Å². The number of ether oxygens (including phenoxy) is 4. The first-order chi connectivity index (χ1) is 30.7. The minimum absolute atomic E-state index is 0.0794. The number of hydrogen-bond acceptors (Lipinski definition) is 11. The minimum Gasteiger partial charge on any atom is -0.477 e. The number of nitrogens with zero attached hydrogens (tertiary/aromatic N) is 2. The number of rotatable bonds is 17. The molecule has 3 aromatic heterocycles. The van der Waals surface area contributed by atoms with Gasteiger partial charge in [0.15, 0.2) is 11.5 Å². The van der Waals surface area contributed by atoms with E-state index < -0.39 is 11.9 Å². The van der Waals surface area contributed by atoms with Crippen LogP contribution in [0.1, 0.15) is 86.8 Å². The molecule has 2 aromatic carbocycles. The van der Waals surface area contributed by atoms with Crippen molar-refractivity contribution in [1.82, 2.24) is 8.75 Å². The summed E-state index contributed by atoms with van der Waals surface area (Å²) in [6.07, 6.45) is 9.26. The number of carbonyl (C=O) groups excluding carboxylic acids is 2. The van der Waals surface area contributed by atoms with Crippen molar-refractivity contribution in [2.75, 3.05) is 13.2 Å². The molecule has 4 bridgehead atoms. The van der Waals surface area contributed by atoms with E-state index in [0.29, 0.717) is 28.3 Å². The van der Waals surface area contributed by atoms with Crippen LogP contribution in [0.5, 0.6) is 17.2 Å². The number of benzene rings is 2. The van der Waals surface area contributed by atoms with Gasteiger partial charge in [-0.15, -0.1) is 22.7 Å². The van der Waals surface area contributed by atoms with Crippen LogP contribution in [0, 0.1) is 0 Å². The molecule has 2 saturated carbocycles. The lowest BCUT2D eigenvalue weighted by Crippen LogP contribution is -2.38. The highest BCUT2D eigenvalue weighted by Crippen LogP contribution is 2.58. The van der Waals surface area contributed by atoms with Gasteiger partial charge in [0.2, 0.25) is 0 Å². The van der Waals surface area contributed by atoms with E-state index >= 15 is 0 Å². The molecule has 8 nitrogen and oxygen atoms in total. The van der Waals surface area contributed by atoms with Crippen molar-refractivity contribution in [2.24, 2.45) is 0 Å². The summed E-state index contributed by atoms with van der Waals surface area (Å²) in [5, 5.41) is 0. The third-order valence-corrected chi connectivity index (χ3v) is 14.1. The molecule has 0 saturated heterocycles. The first kappa shape index (κ1) is 44.5. The number of hydrogen-bond donors (Lipinski definition) is 0. The van der Waals surface area contributed by atoms with Crippen molar-refractivity contribution < 1.29 is 28.5 Å². The molecule has 5 aromatic rings. The number of thiophene rings is 2.